The zero-order valence-corrected chi connectivity index (χ0v) is 18.5. The molecule has 0 unspecified atom stereocenters. The number of halogens is 1. The summed E-state index contributed by atoms with van der Waals surface area (Å²) in [6.45, 7) is 2.30. The van der Waals surface area contributed by atoms with E-state index in [4.69, 9.17) is 9.47 Å². The lowest BCUT2D eigenvalue weighted by atomic mass is 10.1. The van der Waals surface area contributed by atoms with Crippen LogP contribution in [0.1, 0.15) is 10.4 Å². The highest BCUT2D eigenvalue weighted by Crippen LogP contribution is 2.30. The van der Waals surface area contributed by atoms with Crippen molar-refractivity contribution < 1.29 is 27.1 Å². The molecule has 3 aromatic rings. The number of pyridine rings is 2. The monoisotopic (exact) mass is 472 g/mol. The van der Waals surface area contributed by atoms with E-state index in [0.717, 1.165) is 6.07 Å². The van der Waals surface area contributed by atoms with Crippen molar-refractivity contribution in [2.45, 2.75) is 4.90 Å². The summed E-state index contributed by atoms with van der Waals surface area (Å²) in [5.74, 6) is -0.694. The van der Waals surface area contributed by atoms with Crippen LogP contribution in [0.25, 0.3) is 11.3 Å². The van der Waals surface area contributed by atoms with Crippen LogP contribution in [0.2, 0.25) is 0 Å². The Kier molecular flexibility index (Phi) is 6.52. The zero-order valence-electron chi connectivity index (χ0n) is 17.7. The normalized spacial score (nSPS) is 14.1. The molecule has 1 aliphatic rings. The van der Waals surface area contributed by atoms with Gasteiger partial charge >= 0.3 is 0 Å². The molecule has 172 valence electrons. The number of morpholine rings is 1. The molecule has 0 amide bonds. The first-order valence-corrected chi connectivity index (χ1v) is 11.5. The molecule has 0 atom stereocenters. The number of aldehydes is 1. The first-order chi connectivity index (χ1) is 15.9. The lowest BCUT2D eigenvalue weighted by molar-refractivity contribution is 0.112. The van der Waals surface area contributed by atoms with Crippen molar-refractivity contribution >= 4 is 27.7 Å². The van der Waals surface area contributed by atoms with Gasteiger partial charge in [-0.2, -0.15) is 0 Å². The molecular weight excluding hydrogens is 451 g/mol. The smallest absolute Gasteiger partial charge is 0.267 e. The maximum atomic E-state index is 14.4. The van der Waals surface area contributed by atoms with E-state index in [1.165, 1.54) is 43.6 Å². The van der Waals surface area contributed by atoms with Gasteiger partial charge in [0.25, 0.3) is 10.0 Å². The molecule has 0 spiro atoms. The minimum absolute atomic E-state index is 0.0516. The van der Waals surface area contributed by atoms with E-state index < -0.39 is 15.8 Å². The van der Waals surface area contributed by atoms with Crippen molar-refractivity contribution in [3.8, 4) is 17.1 Å². The van der Waals surface area contributed by atoms with E-state index in [0.29, 0.717) is 38.3 Å². The Morgan fingerprint density at radius 2 is 1.94 bits per heavy atom. The second kappa shape index (κ2) is 9.51. The van der Waals surface area contributed by atoms with Gasteiger partial charge < -0.3 is 14.4 Å². The first-order valence-electron chi connectivity index (χ1n) is 10.0. The number of sulfonamides is 1. The van der Waals surface area contributed by atoms with Crippen molar-refractivity contribution in [2.24, 2.45) is 0 Å². The minimum atomic E-state index is -4.10. The van der Waals surface area contributed by atoms with E-state index in [9.17, 15) is 17.6 Å². The number of aromatic nitrogens is 2. The van der Waals surface area contributed by atoms with Gasteiger partial charge in [-0.05, 0) is 30.3 Å². The summed E-state index contributed by atoms with van der Waals surface area (Å²) in [5.41, 5.74) is 1.34. The zero-order chi connectivity index (χ0) is 23.4. The number of carbonyl (C=O) groups is 1. The molecule has 1 aliphatic heterocycles. The highest BCUT2D eigenvalue weighted by atomic mass is 32.2. The molecule has 11 heteroatoms. The van der Waals surface area contributed by atoms with Crippen LogP contribution >= 0.6 is 0 Å². The van der Waals surface area contributed by atoms with Crippen LogP contribution < -0.4 is 14.4 Å². The standard InChI is InChI=1S/C22H21FN4O5S/c1-31-22-21(12-17(13-25-22)27-6-8-32-9-7-27)33(29,30)26-16-4-5-24-20(11-16)18-3-2-15(14-28)10-19(18)23/h2-5,10-14H,6-9H2,1H3,(H,24,26). The number of nitrogens with one attached hydrogen (secondary N) is 1. The highest BCUT2D eigenvalue weighted by Gasteiger charge is 2.24. The van der Waals surface area contributed by atoms with Gasteiger partial charge in [0, 0.05) is 30.4 Å². The lowest BCUT2D eigenvalue weighted by Gasteiger charge is -2.29. The van der Waals surface area contributed by atoms with Crippen molar-refractivity contribution in [2.75, 3.05) is 43.0 Å². The van der Waals surface area contributed by atoms with Gasteiger partial charge in [-0.25, -0.2) is 17.8 Å². The highest BCUT2D eigenvalue weighted by molar-refractivity contribution is 7.92. The molecule has 1 aromatic carbocycles. The van der Waals surface area contributed by atoms with Gasteiger partial charge in [-0.15, -0.1) is 0 Å². The lowest BCUT2D eigenvalue weighted by Crippen LogP contribution is -2.36. The fourth-order valence-electron chi connectivity index (χ4n) is 3.43. The Hall–Kier alpha value is -3.57. The maximum Gasteiger partial charge on any atom is 0.267 e. The van der Waals surface area contributed by atoms with Crippen molar-refractivity contribution in [3.63, 3.8) is 0 Å². The fraction of sp³-hybridized carbons (Fsp3) is 0.227. The molecule has 0 radical (unpaired) electrons. The SMILES string of the molecule is COc1ncc(N2CCOCC2)cc1S(=O)(=O)Nc1ccnc(-c2ccc(C=O)cc2F)c1. The summed E-state index contributed by atoms with van der Waals surface area (Å²) >= 11 is 0. The fourth-order valence-corrected chi connectivity index (χ4v) is 4.61. The molecule has 0 saturated carbocycles. The van der Waals surface area contributed by atoms with Crippen LogP contribution in [0, 0.1) is 5.82 Å². The van der Waals surface area contributed by atoms with E-state index in [1.807, 2.05) is 4.90 Å². The molecule has 1 N–H and O–H groups in total. The number of methoxy groups -OCH3 is 1. The second-order valence-electron chi connectivity index (χ2n) is 7.19. The Morgan fingerprint density at radius 1 is 1.15 bits per heavy atom. The van der Waals surface area contributed by atoms with Gasteiger partial charge in [0.1, 0.15) is 12.1 Å². The van der Waals surface area contributed by atoms with Crippen LogP contribution in [0.3, 0.4) is 0 Å². The number of hydrogen-bond acceptors (Lipinski definition) is 8. The largest absolute Gasteiger partial charge is 0.480 e. The molecule has 3 heterocycles. The van der Waals surface area contributed by atoms with E-state index in [2.05, 4.69) is 14.7 Å². The molecule has 0 bridgehead atoms. The topological polar surface area (TPSA) is 111 Å². The molecule has 33 heavy (non-hydrogen) atoms. The predicted octanol–water partition coefficient (Wildman–Crippen LogP) is 2.74. The number of hydrogen-bond donors (Lipinski definition) is 1. The number of carbonyl (C=O) groups excluding carboxylic acids is 1. The van der Waals surface area contributed by atoms with Gasteiger partial charge in [0.2, 0.25) is 5.88 Å². The molecule has 1 saturated heterocycles. The third kappa shape index (κ3) is 4.94. The van der Waals surface area contributed by atoms with Gasteiger partial charge in [-0.3, -0.25) is 14.5 Å². The summed E-state index contributed by atoms with van der Waals surface area (Å²) in [7, 11) is -2.76. The Balaban J connectivity index is 1.65. The number of nitrogens with zero attached hydrogens (tertiary/aromatic N) is 3. The van der Waals surface area contributed by atoms with Crippen LogP contribution in [-0.2, 0) is 14.8 Å². The molecular formula is C22H21FN4O5S. The number of anilines is 2. The summed E-state index contributed by atoms with van der Waals surface area (Å²) in [6, 6.07) is 8.32. The first kappa shape index (κ1) is 22.6. The van der Waals surface area contributed by atoms with Crippen molar-refractivity contribution in [1.29, 1.82) is 0 Å². The third-order valence-corrected chi connectivity index (χ3v) is 6.46. The van der Waals surface area contributed by atoms with Crippen molar-refractivity contribution in [1.82, 2.24) is 9.97 Å². The molecule has 2 aromatic heterocycles. The third-order valence-electron chi connectivity index (χ3n) is 5.08. The van der Waals surface area contributed by atoms with Crippen molar-refractivity contribution in [3.05, 3.63) is 60.2 Å². The molecule has 4 rings (SSSR count). The van der Waals surface area contributed by atoms with E-state index in [-0.39, 0.29) is 33.3 Å². The van der Waals surface area contributed by atoms with Gasteiger partial charge in [-0.1, -0.05) is 6.07 Å². The number of rotatable bonds is 7. The Labute approximate surface area is 190 Å². The summed E-state index contributed by atoms with van der Waals surface area (Å²) in [5, 5.41) is 0. The number of benzene rings is 1. The average Bonchev–Trinajstić information content (AvgIpc) is 2.84. The van der Waals surface area contributed by atoms with Crippen LogP contribution in [0.5, 0.6) is 5.88 Å². The molecule has 9 nitrogen and oxygen atoms in total. The van der Waals surface area contributed by atoms with E-state index >= 15 is 0 Å². The Bertz CT molecular complexity index is 1280. The molecule has 0 aliphatic carbocycles. The summed E-state index contributed by atoms with van der Waals surface area (Å²) in [6.07, 6.45) is 3.46. The average molecular weight is 472 g/mol. The Morgan fingerprint density at radius 3 is 2.64 bits per heavy atom. The van der Waals surface area contributed by atoms with Crippen LogP contribution in [-0.4, -0.2) is 58.1 Å². The summed E-state index contributed by atoms with van der Waals surface area (Å²) in [4.78, 5) is 21.0. The molecule has 1 fully saturated rings. The van der Waals surface area contributed by atoms with Crippen LogP contribution in [0.15, 0.2) is 53.7 Å². The maximum absolute atomic E-state index is 14.4. The minimum Gasteiger partial charge on any atom is -0.480 e. The van der Waals surface area contributed by atoms with E-state index in [1.54, 1.807) is 6.20 Å². The second-order valence-corrected chi connectivity index (χ2v) is 8.84. The van der Waals surface area contributed by atoms with Gasteiger partial charge in [0.05, 0.1) is 43.6 Å². The van der Waals surface area contributed by atoms with Crippen LogP contribution in [0.4, 0.5) is 15.8 Å². The quantitative estimate of drug-likeness (QED) is 0.523. The number of ether oxygens (including phenoxy) is 2. The summed E-state index contributed by atoms with van der Waals surface area (Å²) < 4.78 is 53.8. The van der Waals surface area contributed by atoms with Gasteiger partial charge in [0.15, 0.2) is 4.90 Å². The predicted molar refractivity (Wildman–Crippen MR) is 120 cm³/mol.